The normalized spacial score (nSPS) is 19.9. The van der Waals surface area contributed by atoms with Crippen LogP contribution in [0.2, 0.25) is 0 Å². The zero-order valence-electron chi connectivity index (χ0n) is 15.7. The summed E-state index contributed by atoms with van der Waals surface area (Å²) in [4.78, 5) is 27.7. The first-order chi connectivity index (χ1) is 14.2. The van der Waals surface area contributed by atoms with Crippen molar-refractivity contribution in [3.8, 4) is 0 Å². The van der Waals surface area contributed by atoms with E-state index in [-0.39, 0.29) is 11.8 Å². The highest BCUT2D eigenvalue weighted by Gasteiger charge is 2.57. The maximum atomic E-state index is 13.3. The number of carbonyl (C=O) groups excluding carboxylic acids is 2. The number of para-hydroxylation sites is 1. The Bertz CT molecular complexity index is 1080. The van der Waals surface area contributed by atoms with Crippen molar-refractivity contribution in [2.24, 2.45) is 0 Å². The van der Waals surface area contributed by atoms with Gasteiger partial charge in [-0.2, -0.15) is 5.10 Å². The molecule has 3 aromatic rings. The van der Waals surface area contributed by atoms with Gasteiger partial charge in [0.25, 0.3) is 5.91 Å². The van der Waals surface area contributed by atoms with Gasteiger partial charge in [0.15, 0.2) is 4.87 Å². The highest BCUT2D eigenvalue weighted by molar-refractivity contribution is 8.02. The van der Waals surface area contributed by atoms with Crippen molar-refractivity contribution in [2.75, 3.05) is 4.90 Å². The molecule has 146 valence electrons. The number of nitrogens with one attached hydrogen (secondary N) is 1. The molecule has 0 radical (unpaired) electrons. The molecule has 0 aliphatic carbocycles. The van der Waals surface area contributed by atoms with Gasteiger partial charge in [-0.25, -0.2) is 0 Å². The second-order valence-electron chi connectivity index (χ2n) is 7.24. The molecule has 7 heteroatoms. The number of thioether (sulfide) groups is 1. The summed E-state index contributed by atoms with van der Waals surface area (Å²) in [7, 11) is 0. The van der Waals surface area contributed by atoms with Gasteiger partial charge in [-0.3, -0.25) is 19.2 Å². The molecule has 6 nitrogen and oxygen atoms in total. The number of hydrogen-bond acceptors (Lipinski definition) is 4. The number of aromatic nitrogens is 2. The van der Waals surface area contributed by atoms with Crippen molar-refractivity contribution in [1.82, 2.24) is 15.1 Å². The quantitative estimate of drug-likeness (QED) is 0.709. The van der Waals surface area contributed by atoms with E-state index >= 15 is 0 Å². The topological polar surface area (TPSA) is 67.2 Å². The van der Waals surface area contributed by atoms with E-state index in [9.17, 15) is 9.59 Å². The number of amides is 2. The summed E-state index contributed by atoms with van der Waals surface area (Å²) in [6, 6.07) is 17.7. The van der Waals surface area contributed by atoms with Crippen LogP contribution in [0.1, 0.15) is 24.0 Å². The maximum absolute atomic E-state index is 13.3. The lowest BCUT2D eigenvalue weighted by atomic mass is 10.1. The number of rotatable bonds is 5. The Morgan fingerprint density at radius 1 is 1.10 bits per heavy atom. The van der Waals surface area contributed by atoms with Gasteiger partial charge in [0.1, 0.15) is 0 Å². The highest BCUT2D eigenvalue weighted by atomic mass is 32.2. The van der Waals surface area contributed by atoms with E-state index < -0.39 is 4.87 Å². The van der Waals surface area contributed by atoms with Crippen molar-refractivity contribution in [2.45, 2.75) is 35.7 Å². The molecular weight excluding hydrogens is 384 g/mol. The average molecular weight is 404 g/mol. The molecule has 1 aromatic heterocycles. The summed E-state index contributed by atoms with van der Waals surface area (Å²) >= 11 is 1.49. The van der Waals surface area contributed by atoms with Crippen molar-refractivity contribution >= 4 is 29.3 Å². The fourth-order valence-corrected chi connectivity index (χ4v) is 5.50. The van der Waals surface area contributed by atoms with Crippen LogP contribution >= 0.6 is 11.8 Å². The Hall–Kier alpha value is -3.06. The van der Waals surface area contributed by atoms with Gasteiger partial charge in [-0.05, 0) is 35.7 Å². The molecule has 2 amide bonds. The number of nitrogens with zero attached hydrogens (tertiary/aromatic N) is 3. The van der Waals surface area contributed by atoms with Gasteiger partial charge in [0, 0.05) is 30.3 Å². The van der Waals surface area contributed by atoms with Crippen LogP contribution in [0.15, 0.2) is 71.9 Å². The largest absolute Gasteiger partial charge is 0.349 e. The van der Waals surface area contributed by atoms with E-state index in [2.05, 4.69) is 10.4 Å². The number of carbonyl (C=O) groups is 2. The Labute approximate surface area is 172 Å². The summed E-state index contributed by atoms with van der Waals surface area (Å²) in [5, 5.41) is 7.36. The number of benzene rings is 2. The zero-order valence-corrected chi connectivity index (χ0v) is 16.6. The summed E-state index contributed by atoms with van der Waals surface area (Å²) in [5.41, 5.74) is 2.99. The zero-order chi connectivity index (χ0) is 19.8. The lowest BCUT2D eigenvalue weighted by Crippen LogP contribution is -2.52. The SMILES string of the molecule is O=C1CC[C@@]2(C(=O)NCc3ccccc3Cn3cccn3)Sc3ccccc3N12. The van der Waals surface area contributed by atoms with Crippen LogP contribution in [-0.4, -0.2) is 26.5 Å². The lowest BCUT2D eigenvalue weighted by Gasteiger charge is -2.29. The molecule has 0 bridgehead atoms. The van der Waals surface area contributed by atoms with E-state index in [0.29, 0.717) is 25.9 Å². The third-order valence-corrected chi connectivity index (χ3v) is 6.95. The van der Waals surface area contributed by atoms with Gasteiger partial charge in [0.2, 0.25) is 5.91 Å². The van der Waals surface area contributed by atoms with E-state index in [1.165, 1.54) is 11.8 Å². The van der Waals surface area contributed by atoms with Crippen LogP contribution in [-0.2, 0) is 22.7 Å². The predicted molar refractivity (Wildman–Crippen MR) is 111 cm³/mol. The van der Waals surface area contributed by atoms with E-state index in [4.69, 9.17) is 0 Å². The third-order valence-electron chi connectivity index (χ3n) is 5.48. The molecule has 5 rings (SSSR count). The molecule has 29 heavy (non-hydrogen) atoms. The highest BCUT2D eigenvalue weighted by Crippen LogP contribution is 2.55. The van der Waals surface area contributed by atoms with Crippen LogP contribution in [0.5, 0.6) is 0 Å². The van der Waals surface area contributed by atoms with Crippen molar-refractivity contribution < 1.29 is 9.59 Å². The van der Waals surface area contributed by atoms with Crippen LogP contribution in [0.3, 0.4) is 0 Å². The van der Waals surface area contributed by atoms with Crippen LogP contribution in [0.25, 0.3) is 0 Å². The molecule has 0 spiro atoms. The molecule has 1 saturated heterocycles. The van der Waals surface area contributed by atoms with E-state index in [1.54, 1.807) is 11.1 Å². The third kappa shape index (κ3) is 3.02. The second-order valence-corrected chi connectivity index (χ2v) is 8.56. The summed E-state index contributed by atoms with van der Waals surface area (Å²) in [6.07, 6.45) is 4.59. The van der Waals surface area contributed by atoms with Crippen LogP contribution in [0, 0.1) is 0 Å². The minimum atomic E-state index is -0.877. The van der Waals surface area contributed by atoms with Gasteiger partial charge in [-0.1, -0.05) is 48.2 Å². The molecule has 2 aliphatic heterocycles. The molecule has 2 aromatic carbocycles. The minimum absolute atomic E-state index is 0.0108. The molecule has 1 N–H and O–H groups in total. The Morgan fingerprint density at radius 2 is 1.90 bits per heavy atom. The number of anilines is 1. The van der Waals surface area contributed by atoms with E-state index in [0.717, 1.165) is 21.7 Å². The Morgan fingerprint density at radius 3 is 2.72 bits per heavy atom. The van der Waals surface area contributed by atoms with Gasteiger partial charge in [-0.15, -0.1) is 0 Å². The lowest BCUT2D eigenvalue weighted by molar-refractivity contribution is -0.124. The van der Waals surface area contributed by atoms with Crippen LogP contribution in [0.4, 0.5) is 5.69 Å². The summed E-state index contributed by atoms with van der Waals surface area (Å²) < 4.78 is 1.86. The van der Waals surface area contributed by atoms with Crippen molar-refractivity contribution in [1.29, 1.82) is 0 Å². The monoisotopic (exact) mass is 404 g/mol. The molecule has 3 heterocycles. The predicted octanol–water partition coefficient (Wildman–Crippen LogP) is 3.18. The summed E-state index contributed by atoms with van der Waals surface area (Å²) in [5.74, 6) is -0.102. The molecule has 2 aliphatic rings. The minimum Gasteiger partial charge on any atom is -0.349 e. The van der Waals surface area contributed by atoms with Gasteiger partial charge < -0.3 is 5.32 Å². The first-order valence-electron chi connectivity index (χ1n) is 9.61. The van der Waals surface area contributed by atoms with Gasteiger partial charge >= 0.3 is 0 Å². The van der Waals surface area contributed by atoms with Crippen molar-refractivity contribution in [3.05, 3.63) is 78.1 Å². The smallest absolute Gasteiger partial charge is 0.257 e. The fraction of sp³-hybridized carbons (Fsp3) is 0.227. The Kier molecular flexibility index (Phi) is 4.39. The van der Waals surface area contributed by atoms with E-state index in [1.807, 2.05) is 65.5 Å². The average Bonchev–Trinajstić information content (AvgIpc) is 3.44. The summed E-state index contributed by atoms with van der Waals surface area (Å²) in [6.45, 7) is 1.06. The van der Waals surface area contributed by atoms with Crippen molar-refractivity contribution in [3.63, 3.8) is 0 Å². The number of hydrogen-bond donors (Lipinski definition) is 1. The van der Waals surface area contributed by atoms with Gasteiger partial charge in [0.05, 0.1) is 12.2 Å². The molecule has 1 fully saturated rings. The molecular formula is C22H20N4O2S. The molecule has 1 atom stereocenters. The first kappa shape index (κ1) is 18.0. The Balaban J connectivity index is 1.36. The fourth-order valence-electron chi connectivity index (χ4n) is 4.06. The van der Waals surface area contributed by atoms with Crippen LogP contribution < -0.4 is 10.2 Å². The second kappa shape index (κ2) is 7.08. The maximum Gasteiger partial charge on any atom is 0.257 e. The molecule has 0 unspecified atom stereocenters. The standard InChI is InChI=1S/C22H20N4O2S/c27-20-10-11-22(26(20)18-8-3-4-9-19(18)29-22)21(28)23-14-16-6-1-2-7-17(16)15-25-13-5-12-24-25/h1-9,12-13H,10-11,14-15H2,(H,23,28)/t22-/m0/s1. The number of fused-ring (bicyclic) bond motifs is 3. The first-order valence-corrected chi connectivity index (χ1v) is 10.4. The molecule has 0 saturated carbocycles.